The van der Waals surface area contributed by atoms with Crippen LogP contribution < -0.4 is 9.52 Å². The van der Waals surface area contributed by atoms with Crippen molar-refractivity contribution < 1.29 is 17.9 Å². The van der Waals surface area contributed by atoms with E-state index in [2.05, 4.69) is 35.7 Å². The van der Waals surface area contributed by atoms with Gasteiger partial charge in [0.1, 0.15) is 0 Å². The number of carbonyl (C=O) groups excluding carboxylic acids is 1. The summed E-state index contributed by atoms with van der Waals surface area (Å²) in [5, 5.41) is 0. The fraction of sp³-hybridized carbons (Fsp3) is 0.259. The van der Waals surface area contributed by atoms with Crippen molar-refractivity contribution in [2.45, 2.75) is 39.1 Å². The summed E-state index contributed by atoms with van der Waals surface area (Å²) in [7, 11) is -3.78. The van der Waals surface area contributed by atoms with Gasteiger partial charge in [0.15, 0.2) is 4.80 Å². The highest BCUT2D eigenvalue weighted by Crippen LogP contribution is 2.23. The van der Waals surface area contributed by atoms with Gasteiger partial charge in [-0.05, 0) is 81.3 Å². The number of carbonyl (C=O) groups is 1. The highest BCUT2D eigenvalue weighted by molar-refractivity contribution is 7.92. The Hall–Kier alpha value is -3.27. The van der Waals surface area contributed by atoms with Gasteiger partial charge in [0.25, 0.3) is 15.9 Å². The molecule has 188 valence electrons. The summed E-state index contributed by atoms with van der Waals surface area (Å²) in [5.74, 6) is -0.448. The zero-order valence-corrected chi connectivity index (χ0v) is 22.4. The van der Waals surface area contributed by atoms with Crippen LogP contribution in [0.3, 0.4) is 0 Å². The second-order valence-electron chi connectivity index (χ2n) is 8.55. The molecule has 0 fully saturated rings. The minimum atomic E-state index is -3.78. The minimum Gasteiger partial charge on any atom is -0.380 e. The zero-order valence-electron chi connectivity index (χ0n) is 20.7. The number of ether oxygens (including phenoxy) is 1. The van der Waals surface area contributed by atoms with Crippen LogP contribution in [0.4, 0.5) is 5.69 Å². The Morgan fingerprint density at radius 1 is 1.03 bits per heavy atom. The zero-order chi connectivity index (χ0) is 25.9. The van der Waals surface area contributed by atoms with Crippen molar-refractivity contribution in [3.05, 3.63) is 87.7 Å². The average Bonchev–Trinajstić information content (AvgIpc) is 3.15. The van der Waals surface area contributed by atoms with E-state index in [4.69, 9.17) is 4.74 Å². The van der Waals surface area contributed by atoms with Gasteiger partial charge in [0.2, 0.25) is 0 Å². The van der Waals surface area contributed by atoms with Crippen molar-refractivity contribution >= 4 is 43.2 Å². The van der Waals surface area contributed by atoms with Gasteiger partial charge in [-0.3, -0.25) is 9.52 Å². The molecule has 0 aliphatic heterocycles. The first kappa shape index (κ1) is 25.8. The van der Waals surface area contributed by atoms with E-state index in [0.29, 0.717) is 35.8 Å². The number of nitrogens with one attached hydrogen (secondary N) is 1. The van der Waals surface area contributed by atoms with E-state index >= 15 is 0 Å². The second-order valence-corrected chi connectivity index (χ2v) is 11.2. The number of rotatable bonds is 8. The molecule has 0 saturated heterocycles. The Morgan fingerprint density at radius 3 is 2.47 bits per heavy atom. The number of hydrogen-bond donors (Lipinski definition) is 1. The molecule has 9 heteroatoms. The number of amides is 1. The van der Waals surface area contributed by atoms with Crippen LogP contribution in [0.25, 0.3) is 10.2 Å². The molecule has 0 spiro atoms. The molecule has 4 aromatic rings. The van der Waals surface area contributed by atoms with Crippen LogP contribution in [0, 0.1) is 20.8 Å². The van der Waals surface area contributed by atoms with E-state index in [1.807, 2.05) is 18.4 Å². The number of fused-ring (bicyclic) bond motifs is 1. The summed E-state index contributed by atoms with van der Waals surface area (Å²) in [4.78, 5) is 18.3. The van der Waals surface area contributed by atoms with Crippen LogP contribution in [0.15, 0.2) is 70.6 Å². The van der Waals surface area contributed by atoms with Crippen molar-refractivity contribution in [2.75, 3.05) is 17.9 Å². The van der Waals surface area contributed by atoms with Gasteiger partial charge in [-0.15, -0.1) is 0 Å². The topological polar surface area (TPSA) is 89.8 Å². The van der Waals surface area contributed by atoms with Crippen LogP contribution >= 0.6 is 11.3 Å². The number of benzene rings is 3. The van der Waals surface area contributed by atoms with Gasteiger partial charge in [0, 0.05) is 24.4 Å². The molecule has 0 aliphatic rings. The summed E-state index contributed by atoms with van der Waals surface area (Å²) in [6.45, 7) is 9.64. The van der Waals surface area contributed by atoms with Gasteiger partial charge < -0.3 is 9.30 Å². The number of anilines is 1. The van der Waals surface area contributed by atoms with E-state index in [1.165, 1.54) is 23.0 Å². The lowest BCUT2D eigenvalue weighted by molar-refractivity contribution is 0.0996. The van der Waals surface area contributed by atoms with Crippen LogP contribution in [0.1, 0.15) is 34.0 Å². The van der Waals surface area contributed by atoms with Crippen LogP contribution in [0.2, 0.25) is 0 Å². The van der Waals surface area contributed by atoms with Crippen molar-refractivity contribution in [3.8, 4) is 0 Å². The summed E-state index contributed by atoms with van der Waals surface area (Å²) in [5.41, 5.74) is 4.90. The lowest BCUT2D eigenvalue weighted by Crippen LogP contribution is -2.20. The van der Waals surface area contributed by atoms with E-state index in [9.17, 15) is 13.2 Å². The van der Waals surface area contributed by atoms with E-state index in [0.717, 1.165) is 21.3 Å². The number of aryl methyl sites for hydroxylation is 3. The third-order valence-electron chi connectivity index (χ3n) is 5.85. The van der Waals surface area contributed by atoms with Gasteiger partial charge in [-0.2, -0.15) is 4.99 Å². The monoisotopic (exact) mass is 523 g/mol. The maximum absolute atomic E-state index is 13.2. The molecular formula is C27H29N3O4S2. The Kier molecular flexibility index (Phi) is 7.73. The van der Waals surface area contributed by atoms with Crippen LogP contribution in [-0.4, -0.2) is 32.1 Å². The number of thiazole rings is 1. The smallest absolute Gasteiger partial charge is 0.279 e. The molecule has 1 heterocycles. The predicted molar refractivity (Wildman–Crippen MR) is 144 cm³/mol. The molecule has 36 heavy (non-hydrogen) atoms. The van der Waals surface area contributed by atoms with Crippen molar-refractivity contribution in [2.24, 2.45) is 4.99 Å². The van der Waals surface area contributed by atoms with Gasteiger partial charge in [-0.25, -0.2) is 8.42 Å². The van der Waals surface area contributed by atoms with Gasteiger partial charge >= 0.3 is 0 Å². The first-order chi connectivity index (χ1) is 17.2. The Labute approximate surface area is 215 Å². The highest BCUT2D eigenvalue weighted by Gasteiger charge is 2.16. The lowest BCUT2D eigenvalue weighted by Gasteiger charge is -2.09. The van der Waals surface area contributed by atoms with Crippen LogP contribution in [-0.2, 0) is 21.3 Å². The molecule has 4 rings (SSSR count). The third kappa shape index (κ3) is 5.75. The minimum absolute atomic E-state index is 0.153. The first-order valence-electron chi connectivity index (χ1n) is 11.6. The molecule has 1 amide bonds. The summed E-state index contributed by atoms with van der Waals surface area (Å²) in [6.07, 6.45) is 0. The normalized spacial score (nSPS) is 12.3. The van der Waals surface area contributed by atoms with Crippen molar-refractivity contribution in [1.82, 2.24) is 4.57 Å². The fourth-order valence-corrected chi connectivity index (χ4v) is 5.91. The van der Waals surface area contributed by atoms with Crippen LogP contribution in [0.5, 0.6) is 0 Å². The predicted octanol–water partition coefficient (Wildman–Crippen LogP) is 5.21. The lowest BCUT2D eigenvalue weighted by atomic mass is 10.1. The molecule has 3 aromatic carbocycles. The largest absolute Gasteiger partial charge is 0.380 e. The number of hydrogen-bond acceptors (Lipinski definition) is 5. The molecule has 1 N–H and O–H groups in total. The number of nitrogens with zero attached hydrogens (tertiary/aromatic N) is 2. The van der Waals surface area contributed by atoms with E-state index < -0.39 is 15.9 Å². The van der Waals surface area contributed by atoms with E-state index in [1.54, 1.807) is 42.5 Å². The van der Waals surface area contributed by atoms with E-state index in [-0.39, 0.29) is 4.90 Å². The molecule has 1 aromatic heterocycles. The quantitative estimate of drug-likeness (QED) is 0.321. The maximum atomic E-state index is 13.2. The van der Waals surface area contributed by atoms with Crippen molar-refractivity contribution in [3.63, 3.8) is 0 Å². The second kappa shape index (κ2) is 10.8. The summed E-state index contributed by atoms with van der Waals surface area (Å²) >= 11 is 1.45. The number of aromatic nitrogens is 1. The molecule has 0 unspecified atom stereocenters. The SMILES string of the molecule is CCOCCn1c(=NC(=O)c2cccc(NS(=O)(=O)c3ccc(C)cc3)c2)sc2cc(C)c(C)cc21. The Bertz CT molecular complexity index is 1580. The standard InChI is InChI=1S/C27H29N3O4S2/c1-5-34-14-13-30-24-15-19(3)20(4)16-25(24)35-27(30)28-26(31)21-7-6-8-22(17-21)29-36(32,33)23-11-9-18(2)10-12-23/h6-12,15-17,29H,5,13-14H2,1-4H3. The summed E-state index contributed by atoms with van der Waals surface area (Å²) < 4.78 is 36.7. The highest BCUT2D eigenvalue weighted by atomic mass is 32.2. The Balaban J connectivity index is 1.67. The molecule has 0 aliphatic carbocycles. The number of sulfonamides is 1. The molecule has 0 bridgehead atoms. The maximum Gasteiger partial charge on any atom is 0.279 e. The van der Waals surface area contributed by atoms with Gasteiger partial charge in [-0.1, -0.05) is 35.1 Å². The Morgan fingerprint density at radius 2 is 1.75 bits per heavy atom. The molecule has 0 radical (unpaired) electrons. The molecular weight excluding hydrogens is 494 g/mol. The van der Waals surface area contributed by atoms with Crippen molar-refractivity contribution in [1.29, 1.82) is 0 Å². The van der Waals surface area contributed by atoms with Gasteiger partial charge in [0.05, 0.1) is 21.7 Å². The average molecular weight is 524 g/mol. The third-order valence-corrected chi connectivity index (χ3v) is 8.29. The molecule has 0 atom stereocenters. The summed E-state index contributed by atoms with van der Waals surface area (Å²) in [6, 6.07) is 17.2. The molecule has 0 saturated carbocycles. The first-order valence-corrected chi connectivity index (χ1v) is 13.9. The fourth-order valence-electron chi connectivity index (χ4n) is 3.72. The molecule has 7 nitrogen and oxygen atoms in total.